The van der Waals surface area contributed by atoms with Crippen molar-refractivity contribution in [3.63, 3.8) is 0 Å². The fourth-order valence-electron chi connectivity index (χ4n) is 8.07. The molecule has 0 aliphatic rings. The lowest BCUT2D eigenvalue weighted by atomic mass is 10.0. The average molecular weight is 1070 g/mol. The fourth-order valence-corrected chi connectivity index (χ4v) is 8.07. The number of fused-ring (bicyclic) bond motifs is 1. The zero-order valence-corrected chi connectivity index (χ0v) is 43.0. The van der Waals surface area contributed by atoms with Crippen LogP contribution < -0.4 is 72.0 Å². The van der Waals surface area contributed by atoms with E-state index in [1.54, 1.807) is 31.3 Å². The third-order valence-electron chi connectivity index (χ3n) is 12.0. The zero-order chi connectivity index (χ0) is 56.4. The van der Waals surface area contributed by atoms with Crippen molar-refractivity contribution < 1.29 is 43.8 Å². The molecule has 23 N–H and O–H groups in total. The summed E-state index contributed by atoms with van der Waals surface area (Å²) in [5.74, 6) is -6.01. The second kappa shape index (κ2) is 30.9. The van der Waals surface area contributed by atoms with Gasteiger partial charge < -0.3 is 87.2 Å². The fraction of sp³-hybridized carbons (Fsp3) is 0.412. The highest BCUT2D eigenvalue weighted by molar-refractivity contribution is 5.97. The Hall–Kier alpha value is -9.10. The Morgan fingerprint density at radius 3 is 1.30 bits per heavy atom. The molecule has 77 heavy (non-hydrogen) atoms. The number of carbonyl (C=O) groups excluding carboxylic acids is 7. The number of aromatic amines is 1. The molecule has 0 aliphatic heterocycles. The molecule has 0 spiro atoms. The normalized spacial score (nSPS) is 13.2. The van der Waals surface area contributed by atoms with Crippen LogP contribution in [0.15, 0.2) is 94.0 Å². The van der Waals surface area contributed by atoms with Crippen LogP contribution in [0.3, 0.4) is 0 Å². The molecule has 416 valence electrons. The monoisotopic (exact) mass is 1070 g/mol. The van der Waals surface area contributed by atoms with Crippen molar-refractivity contribution in [2.24, 2.45) is 55.1 Å². The van der Waals surface area contributed by atoms with Gasteiger partial charge in [-0.3, -0.25) is 48.5 Å². The van der Waals surface area contributed by atoms with Crippen molar-refractivity contribution in [1.82, 2.24) is 36.9 Å². The quantitative estimate of drug-likeness (QED) is 0.0142. The number of phenolic OH excluding ortho intramolecular Hbond substituents is 2. The zero-order valence-electron chi connectivity index (χ0n) is 43.0. The van der Waals surface area contributed by atoms with Gasteiger partial charge in [-0.15, -0.1) is 0 Å². The van der Waals surface area contributed by atoms with E-state index in [1.165, 1.54) is 36.4 Å². The molecule has 26 heteroatoms. The van der Waals surface area contributed by atoms with Gasteiger partial charge in [-0.1, -0.05) is 49.4 Å². The molecule has 4 rings (SSSR count). The number of phenols is 2. The van der Waals surface area contributed by atoms with Crippen LogP contribution in [0, 0.1) is 0 Å². The Bertz CT molecular complexity index is 2700. The summed E-state index contributed by atoms with van der Waals surface area (Å²) >= 11 is 0. The van der Waals surface area contributed by atoms with Crippen LogP contribution in [0.25, 0.3) is 10.9 Å². The van der Waals surface area contributed by atoms with Gasteiger partial charge in [0.2, 0.25) is 41.4 Å². The number of aliphatic imine (C=N–C) groups is 3. The van der Waals surface area contributed by atoms with Crippen LogP contribution in [0.2, 0.25) is 0 Å². The number of nitrogens with one attached hydrogen (secondary N) is 7. The Labute approximate surface area is 445 Å². The maximum absolute atomic E-state index is 14.8. The first-order valence-corrected chi connectivity index (χ1v) is 25.1. The van der Waals surface area contributed by atoms with Crippen LogP contribution >= 0.6 is 0 Å². The molecule has 6 atom stereocenters. The number of nitrogens with zero attached hydrogens (tertiary/aromatic N) is 3. The number of para-hydroxylation sites is 1. The number of benzene rings is 3. The topological polar surface area (TPSA) is 467 Å². The van der Waals surface area contributed by atoms with Crippen molar-refractivity contribution in [1.29, 1.82) is 0 Å². The molecular weight excluding hydrogens is 995 g/mol. The Balaban J connectivity index is 1.71. The second-order valence-corrected chi connectivity index (χ2v) is 18.2. The first-order valence-electron chi connectivity index (χ1n) is 25.1. The maximum Gasteiger partial charge on any atom is 0.243 e. The summed E-state index contributed by atoms with van der Waals surface area (Å²) in [6, 6.07) is 11.0. The first-order chi connectivity index (χ1) is 36.7. The number of carbonyl (C=O) groups is 7. The molecule has 0 fully saturated rings. The molecule has 26 nitrogen and oxygen atoms in total. The van der Waals surface area contributed by atoms with Crippen LogP contribution in [0.5, 0.6) is 11.5 Å². The summed E-state index contributed by atoms with van der Waals surface area (Å²) in [5, 5.41) is 37.2. The highest BCUT2D eigenvalue weighted by Crippen LogP contribution is 2.20. The van der Waals surface area contributed by atoms with Crippen LogP contribution in [0.1, 0.15) is 75.0 Å². The first kappa shape index (κ1) is 60.5. The minimum atomic E-state index is -1.47. The van der Waals surface area contributed by atoms with E-state index < -0.39 is 77.6 Å². The lowest BCUT2D eigenvalue weighted by Gasteiger charge is -2.28. The predicted octanol–water partition coefficient (Wildman–Crippen LogP) is -2.04. The van der Waals surface area contributed by atoms with E-state index in [1.807, 2.05) is 18.2 Å². The van der Waals surface area contributed by atoms with Gasteiger partial charge in [-0.25, -0.2) is 0 Å². The number of guanidine groups is 3. The summed E-state index contributed by atoms with van der Waals surface area (Å²) in [4.78, 5) is 113. The smallest absolute Gasteiger partial charge is 0.243 e. The molecular formula is C51H73N17O9. The minimum Gasteiger partial charge on any atom is -0.508 e. The standard InChI is InChI=1S/C51H73N17O9/c1-2-8-42(71)63-37(12-6-23-60-50(55)56)44(73)66-40(26-30-16-20-33(70)21-17-30)47(76)67-39(25-29-14-18-32(69)19-15-29)46(75)65-38(13-7-24-61-51(57)58)45(74)68-41(27-31-28-62-35-10-4-3-9-34(31)35)48(77)64-36(43(52)72)11-5-22-59-49(53)54/h3-4,9-10,14-21,28,36-41,62,69-70H,2,5-8,11-13,22-27H2,1H3,(H2,52,72)(H,63,71)(H,64,77)(H,65,75)(H,66,73)(H,67,76)(H,68,74)(H4,53,54,59)(H4,55,56,60)(H4,57,58,61)/t36-,37-,38-,39-,40-,41-/m0/s1. The van der Waals surface area contributed by atoms with Gasteiger partial charge in [-0.05, 0) is 92.0 Å². The van der Waals surface area contributed by atoms with E-state index in [0.717, 1.165) is 10.9 Å². The summed E-state index contributed by atoms with van der Waals surface area (Å²) in [6.45, 7) is 2.11. The second-order valence-electron chi connectivity index (χ2n) is 18.2. The number of primary amides is 1. The molecule has 0 saturated carbocycles. The molecule has 1 heterocycles. The van der Waals surface area contributed by atoms with Gasteiger partial charge in [0.05, 0.1) is 0 Å². The molecule has 0 radical (unpaired) electrons. The number of amides is 7. The third-order valence-corrected chi connectivity index (χ3v) is 12.0. The summed E-state index contributed by atoms with van der Waals surface area (Å²) in [7, 11) is 0. The molecule has 0 bridgehead atoms. The van der Waals surface area contributed by atoms with Crippen molar-refractivity contribution in [3.8, 4) is 11.5 Å². The minimum absolute atomic E-state index is 0.0296. The highest BCUT2D eigenvalue weighted by Gasteiger charge is 2.34. The Kier molecular flexibility index (Phi) is 24.3. The third kappa shape index (κ3) is 21.3. The number of aromatic nitrogens is 1. The highest BCUT2D eigenvalue weighted by atomic mass is 16.3. The Morgan fingerprint density at radius 2 is 0.870 bits per heavy atom. The molecule has 4 aromatic rings. The van der Waals surface area contributed by atoms with Crippen molar-refractivity contribution in [3.05, 3.63) is 95.7 Å². The number of aromatic hydroxyl groups is 2. The molecule has 0 unspecified atom stereocenters. The SMILES string of the molecule is CCCC(=O)N[C@@H](CCCN=C(N)N)C(=O)N[C@@H](Cc1ccc(O)cc1)C(=O)N[C@@H](Cc1ccc(O)cc1)C(=O)N[C@@H](CCCN=C(N)N)C(=O)N[C@@H](Cc1c[nH]c2ccccc12)C(=O)N[C@@H](CCCN=C(N)N)C(N)=O. The Morgan fingerprint density at radius 1 is 0.494 bits per heavy atom. The van der Waals surface area contributed by atoms with Crippen LogP contribution in [-0.2, 0) is 52.8 Å². The number of hydrogen-bond donors (Lipinski definition) is 16. The maximum atomic E-state index is 14.8. The molecule has 0 aliphatic carbocycles. The van der Waals surface area contributed by atoms with E-state index >= 15 is 0 Å². The lowest BCUT2D eigenvalue weighted by molar-refractivity contribution is -0.135. The van der Waals surface area contributed by atoms with Crippen LogP contribution in [-0.4, -0.2) is 130 Å². The summed E-state index contributed by atoms with van der Waals surface area (Å²) in [5.41, 5.74) is 41.1. The average Bonchev–Trinajstić information content (AvgIpc) is 3.80. The summed E-state index contributed by atoms with van der Waals surface area (Å²) < 4.78 is 0. The predicted molar refractivity (Wildman–Crippen MR) is 291 cm³/mol. The van der Waals surface area contributed by atoms with Crippen molar-refractivity contribution in [2.75, 3.05) is 19.6 Å². The van der Waals surface area contributed by atoms with Gasteiger partial charge in [0.1, 0.15) is 47.8 Å². The molecule has 7 amide bonds. The van der Waals surface area contributed by atoms with Crippen molar-refractivity contribution in [2.45, 2.75) is 114 Å². The molecule has 3 aromatic carbocycles. The van der Waals surface area contributed by atoms with E-state index in [-0.39, 0.29) is 113 Å². The van der Waals surface area contributed by atoms with Gasteiger partial charge in [0.25, 0.3) is 0 Å². The van der Waals surface area contributed by atoms with Crippen LogP contribution in [0.4, 0.5) is 0 Å². The number of rotatable bonds is 32. The molecule has 1 aromatic heterocycles. The van der Waals surface area contributed by atoms with Crippen molar-refractivity contribution >= 4 is 70.1 Å². The number of hydrogen-bond acceptors (Lipinski definition) is 12. The van der Waals surface area contributed by atoms with Gasteiger partial charge >= 0.3 is 0 Å². The largest absolute Gasteiger partial charge is 0.508 e. The van der Waals surface area contributed by atoms with E-state index in [2.05, 4.69) is 51.9 Å². The van der Waals surface area contributed by atoms with E-state index in [0.29, 0.717) is 23.1 Å². The lowest BCUT2D eigenvalue weighted by Crippen LogP contribution is -2.60. The van der Waals surface area contributed by atoms with Gasteiger partial charge in [0, 0.05) is 62.4 Å². The van der Waals surface area contributed by atoms with Gasteiger partial charge in [0.15, 0.2) is 17.9 Å². The summed E-state index contributed by atoms with van der Waals surface area (Å²) in [6.07, 6.45) is 2.55. The van der Waals surface area contributed by atoms with E-state index in [9.17, 15) is 43.8 Å². The number of nitrogens with two attached hydrogens (primary N) is 7. The van der Waals surface area contributed by atoms with Gasteiger partial charge in [-0.2, -0.15) is 0 Å². The number of H-pyrrole nitrogens is 1. The van der Waals surface area contributed by atoms with E-state index in [4.69, 9.17) is 40.1 Å². The molecule has 0 saturated heterocycles.